The van der Waals surface area contributed by atoms with Gasteiger partial charge in [0.1, 0.15) is 0 Å². The van der Waals surface area contributed by atoms with Crippen LogP contribution in [0.5, 0.6) is 0 Å². The van der Waals surface area contributed by atoms with E-state index in [0.717, 1.165) is 5.56 Å². The third-order valence-corrected chi connectivity index (χ3v) is 2.66. The Labute approximate surface area is 120 Å². The fourth-order valence-corrected chi connectivity index (χ4v) is 1.67. The minimum atomic E-state index is -0.482. The molecule has 1 amide bonds. The zero-order chi connectivity index (χ0) is 15.3. The number of benzene rings is 1. The molecule has 0 aliphatic heterocycles. The molecule has 0 radical (unpaired) electrons. The van der Waals surface area contributed by atoms with Gasteiger partial charge in [-0.25, -0.2) is 4.79 Å². The van der Waals surface area contributed by atoms with Crippen LogP contribution in [0.1, 0.15) is 56.5 Å². The summed E-state index contributed by atoms with van der Waals surface area (Å²) in [6, 6.07) is 7.24. The van der Waals surface area contributed by atoms with Crippen LogP contribution in [-0.4, -0.2) is 24.0 Å². The van der Waals surface area contributed by atoms with Crippen molar-refractivity contribution in [1.82, 2.24) is 5.32 Å². The maximum Gasteiger partial charge on any atom is 0.338 e. The highest BCUT2D eigenvalue weighted by atomic mass is 16.5. The molecule has 0 bridgehead atoms. The number of amides is 1. The van der Waals surface area contributed by atoms with Gasteiger partial charge in [-0.15, -0.1) is 0 Å². The van der Waals surface area contributed by atoms with E-state index in [1.165, 1.54) is 0 Å². The number of esters is 1. The molecule has 4 nitrogen and oxygen atoms in total. The number of carbonyl (C=O) groups is 2. The van der Waals surface area contributed by atoms with Crippen molar-refractivity contribution in [3.05, 3.63) is 35.4 Å². The van der Waals surface area contributed by atoms with Crippen LogP contribution in [0.2, 0.25) is 0 Å². The van der Waals surface area contributed by atoms with E-state index < -0.39 is 5.97 Å². The fraction of sp³-hybridized carbons (Fsp3) is 0.500. The summed E-state index contributed by atoms with van der Waals surface area (Å²) in [5.74, 6) is -0.369. The first kappa shape index (κ1) is 16.2. The number of rotatable bonds is 4. The topological polar surface area (TPSA) is 55.4 Å². The van der Waals surface area contributed by atoms with Gasteiger partial charge < -0.3 is 10.1 Å². The monoisotopic (exact) mass is 277 g/mol. The maximum atomic E-state index is 11.8. The Kier molecular flexibility index (Phi) is 5.31. The summed E-state index contributed by atoms with van der Waals surface area (Å²) >= 11 is 0. The first-order valence-electron chi connectivity index (χ1n) is 6.77. The summed E-state index contributed by atoms with van der Waals surface area (Å²) in [6.07, 6.45) is 0. The van der Waals surface area contributed by atoms with Crippen LogP contribution in [0.4, 0.5) is 0 Å². The van der Waals surface area contributed by atoms with Gasteiger partial charge in [0.15, 0.2) is 6.61 Å². The molecule has 20 heavy (non-hydrogen) atoms. The zero-order valence-electron chi connectivity index (χ0n) is 12.8. The van der Waals surface area contributed by atoms with Crippen LogP contribution in [0.3, 0.4) is 0 Å². The van der Waals surface area contributed by atoms with Gasteiger partial charge >= 0.3 is 5.97 Å². The molecule has 1 aromatic carbocycles. The Bertz CT molecular complexity index is 469. The van der Waals surface area contributed by atoms with E-state index in [2.05, 4.69) is 19.2 Å². The first-order chi connectivity index (χ1) is 9.19. The van der Waals surface area contributed by atoms with E-state index in [0.29, 0.717) is 11.5 Å². The highest BCUT2D eigenvalue weighted by Gasteiger charge is 2.16. The quantitative estimate of drug-likeness (QED) is 0.861. The summed E-state index contributed by atoms with van der Waals surface area (Å²) in [5, 5.41) is 2.73. The van der Waals surface area contributed by atoms with Gasteiger partial charge in [0.05, 0.1) is 5.56 Å². The Hall–Kier alpha value is -1.84. The van der Waals surface area contributed by atoms with Gasteiger partial charge in [-0.05, 0) is 44.4 Å². The number of nitrogens with one attached hydrogen (secondary N) is 1. The summed E-state index contributed by atoms with van der Waals surface area (Å²) < 4.78 is 4.99. The minimum absolute atomic E-state index is 0.262. The van der Waals surface area contributed by atoms with E-state index in [-0.39, 0.29) is 18.1 Å². The minimum Gasteiger partial charge on any atom is -0.452 e. The zero-order valence-corrected chi connectivity index (χ0v) is 12.8. The second kappa shape index (κ2) is 6.55. The highest BCUT2D eigenvalue weighted by Crippen LogP contribution is 2.15. The van der Waals surface area contributed by atoms with Crippen LogP contribution in [0.15, 0.2) is 24.3 Å². The molecule has 0 aliphatic carbocycles. The van der Waals surface area contributed by atoms with Crippen molar-refractivity contribution in [2.75, 3.05) is 6.61 Å². The largest absolute Gasteiger partial charge is 0.452 e. The van der Waals surface area contributed by atoms with Gasteiger partial charge in [-0.3, -0.25) is 4.79 Å². The molecule has 0 saturated heterocycles. The Balaban J connectivity index is 2.53. The Morgan fingerprint density at radius 2 is 1.70 bits per heavy atom. The van der Waals surface area contributed by atoms with Crippen molar-refractivity contribution in [3.8, 4) is 0 Å². The third kappa shape index (κ3) is 5.43. The molecule has 0 heterocycles. The molecule has 1 N–H and O–H groups in total. The molecule has 4 heteroatoms. The normalized spacial score (nSPS) is 11.3. The van der Waals surface area contributed by atoms with Crippen LogP contribution in [0.25, 0.3) is 0 Å². The molecule has 0 aromatic heterocycles. The molecule has 0 unspecified atom stereocenters. The molecule has 110 valence electrons. The van der Waals surface area contributed by atoms with Crippen molar-refractivity contribution in [2.45, 2.75) is 46.1 Å². The lowest BCUT2D eigenvalue weighted by Gasteiger charge is -2.20. The summed E-state index contributed by atoms with van der Waals surface area (Å²) in [5.41, 5.74) is 1.28. The predicted molar refractivity (Wildman–Crippen MR) is 78.7 cm³/mol. The lowest BCUT2D eigenvalue weighted by atomic mass is 10.0. The molecule has 0 saturated carbocycles. The van der Waals surface area contributed by atoms with Gasteiger partial charge in [0.2, 0.25) is 0 Å². The van der Waals surface area contributed by atoms with Gasteiger partial charge in [-0.2, -0.15) is 0 Å². The summed E-state index contributed by atoms with van der Waals surface area (Å²) in [4.78, 5) is 23.3. The average Bonchev–Trinajstić information content (AvgIpc) is 2.34. The fourth-order valence-electron chi connectivity index (χ4n) is 1.67. The number of ether oxygens (including phenoxy) is 1. The predicted octanol–water partition coefficient (Wildman–Crippen LogP) is 2.88. The molecule has 1 rings (SSSR count). The SMILES string of the molecule is CC(C)c1ccc(C(=O)OCC(=O)NC(C)(C)C)cc1. The third-order valence-electron chi connectivity index (χ3n) is 2.66. The van der Waals surface area contributed by atoms with E-state index in [1.807, 2.05) is 32.9 Å². The van der Waals surface area contributed by atoms with E-state index in [9.17, 15) is 9.59 Å². The maximum absolute atomic E-state index is 11.8. The van der Waals surface area contributed by atoms with Crippen molar-refractivity contribution in [1.29, 1.82) is 0 Å². The number of carbonyl (C=O) groups excluding carboxylic acids is 2. The van der Waals surface area contributed by atoms with Crippen molar-refractivity contribution in [3.63, 3.8) is 0 Å². The van der Waals surface area contributed by atoms with Gasteiger partial charge in [-0.1, -0.05) is 26.0 Å². The molecular formula is C16H23NO3. The Morgan fingerprint density at radius 1 is 1.15 bits per heavy atom. The second-order valence-electron chi connectivity index (χ2n) is 6.15. The van der Waals surface area contributed by atoms with E-state index in [4.69, 9.17) is 4.74 Å². The highest BCUT2D eigenvalue weighted by molar-refractivity contribution is 5.91. The lowest BCUT2D eigenvalue weighted by molar-refractivity contribution is -0.125. The summed E-state index contributed by atoms with van der Waals surface area (Å²) in [6.45, 7) is 9.53. The average molecular weight is 277 g/mol. The molecule has 0 fully saturated rings. The van der Waals surface area contributed by atoms with Crippen LogP contribution in [-0.2, 0) is 9.53 Å². The lowest BCUT2D eigenvalue weighted by Crippen LogP contribution is -2.42. The molecule has 0 atom stereocenters. The molecule has 0 spiro atoms. The molecule has 1 aromatic rings. The van der Waals surface area contributed by atoms with E-state index in [1.54, 1.807) is 12.1 Å². The number of hydrogen-bond acceptors (Lipinski definition) is 3. The smallest absolute Gasteiger partial charge is 0.338 e. The van der Waals surface area contributed by atoms with Crippen LogP contribution >= 0.6 is 0 Å². The van der Waals surface area contributed by atoms with Crippen molar-refractivity contribution in [2.24, 2.45) is 0 Å². The number of hydrogen-bond donors (Lipinski definition) is 1. The molecular weight excluding hydrogens is 254 g/mol. The standard InChI is InChI=1S/C16H23NO3/c1-11(2)12-6-8-13(9-7-12)15(19)20-10-14(18)17-16(3,4)5/h6-9,11H,10H2,1-5H3,(H,17,18). The van der Waals surface area contributed by atoms with Gasteiger partial charge in [0.25, 0.3) is 5.91 Å². The van der Waals surface area contributed by atoms with Crippen LogP contribution < -0.4 is 5.32 Å². The second-order valence-corrected chi connectivity index (χ2v) is 6.15. The van der Waals surface area contributed by atoms with E-state index >= 15 is 0 Å². The van der Waals surface area contributed by atoms with Crippen molar-refractivity contribution >= 4 is 11.9 Å². The summed E-state index contributed by atoms with van der Waals surface area (Å²) in [7, 11) is 0. The Morgan fingerprint density at radius 3 is 2.15 bits per heavy atom. The van der Waals surface area contributed by atoms with Gasteiger partial charge in [0, 0.05) is 5.54 Å². The molecule has 0 aliphatic rings. The van der Waals surface area contributed by atoms with Crippen molar-refractivity contribution < 1.29 is 14.3 Å². The first-order valence-corrected chi connectivity index (χ1v) is 6.77. The van der Waals surface area contributed by atoms with Crippen LogP contribution in [0, 0.1) is 0 Å².